The second-order valence-electron chi connectivity index (χ2n) is 5.87. The van der Waals surface area contributed by atoms with Crippen LogP contribution in [0.2, 0.25) is 0 Å². The first kappa shape index (κ1) is 15.0. The monoisotopic (exact) mass is 275 g/mol. The maximum Gasteiger partial charge on any atom is 0.335 e. The molecule has 1 aromatic rings. The molecule has 1 aliphatic heterocycles. The molecule has 1 heterocycles. The number of fused-ring (bicyclic) bond motifs is 1. The van der Waals surface area contributed by atoms with Crippen molar-refractivity contribution in [2.24, 2.45) is 5.92 Å². The van der Waals surface area contributed by atoms with Crippen LogP contribution in [0.3, 0.4) is 0 Å². The highest BCUT2D eigenvalue weighted by atomic mass is 16.4. The molecule has 0 spiro atoms. The molecular weight excluding hydrogens is 250 g/mol. The Kier molecular flexibility index (Phi) is 5.18. The first-order valence-electron chi connectivity index (χ1n) is 7.71. The molecule has 0 amide bonds. The normalized spacial score (nSPS) is 16.1. The fourth-order valence-electron chi connectivity index (χ4n) is 3.01. The van der Waals surface area contributed by atoms with Gasteiger partial charge in [-0.25, -0.2) is 4.79 Å². The number of hydrogen-bond donors (Lipinski definition) is 1. The summed E-state index contributed by atoms with van der Waals surface area (Å²) >= 11 is 0. The van der Waals surface area contributed by atoms with Crippen molar-refractivity contribution in [2.75, 3.05) is 6.54 Å². The Morgan fingerprint density at radius 1 is 1.30 bits per heavy atom. The van der Waals surface area contributed by atoms with Gasteiger partial charge >= 0.3 is 5.97 Å². The molecule has 0 fully saturated rings. The van der Waals surface area contributed by atoms with Crippen molar-refractivity contribution in [1.29, 1.82) is 0 Å². The number of nitrogens with zero attached hydrogens (tertiary/aromatic N) is 1. The Hall–Kier alpha value is -1.35. The Bertz CT molecular complexity index is 470. The quantitative estimate of drug-likeness (QED) is 0.820. The SMILES string of the molecule is CCCCC(CC)CN1Cc2ccc(C(=O)O)cc2C1. The van der Waals surface area contributed by atoms with Crippen LogP contribution in [0.25, 0.3) is 0 Å². The molecule has 2 rings (SSSR count). The van der Waals surface area contributed by atoms with Gasteiger partial charge in [0.05, 0.1) is 5.56 Å². The van der Waals surface area contributed by atoms with E-state index in [1.165, 1.54) is 36.8 Å². The minimum absolute atomic E-state index is 0.406. The van der Waals surface area contributed by atoms with Crippen LogP contribution in [-0.4, -0.2) is 22.5 Å². The third-order valence-corrected chi connectivity index (χ3v) is 4.30. The van der Waals surface area contributed by atoms with Crippen LogP contribution < -0.4 is 0 Å². The van der Waals surface area contributed by atoms with Crippen LogP contribution in [0, 0.1) is 5.92 Å². The van der Waals surface area contributed by atoms with Crippen molar-refractivity contribution in [1.82, 2.24) is 4.90 Å². The molecule has 1 aromatic carbocycles. The van der Waals surface area contributed by atoms with Crippen LogP contribution in [0.1, 0.15) is 61.0 Å². The van der Waals surface area contributed by atoms with Crippen LogP contribution in [0.15, 0.2) is 18.2 Å². The van der Waals surface area contributed by atoms with Crippen molar-refractivity contribution in [3.05, 3.63) is 34.9 Å². The lowest BCUT2D eigenvalue weighted by Crippen LogP contribution is -2.24. The zero-order valence-corrected chi connectivity index (χ0v) is 12.6. The fraction of sp³-hybridized carbons (Fsp3) is 0.588. The van der Waals surface area contributed by atoms with Gasteiger partial charge < -0.3 is 5.11 Å². The maximum absolute atomic E-state index is 11.0. The van der Waals surface area contributed by atoms with Gasteiger partial charge in [0.15, 0.2) is 0 Å². The average molecular weight is 275 g/mol. The number of carbonyl (C=O) groups is 1. The molecule has 1 N–H and O–H groups in total. The lowest BCUT2D eigenvalue weighted by molar-refractivity contribution is 0.0696. The van der Waals surface area contributed by atoms with Gasteiger partial charge in [0.1, 0.15) is 0 Å². The highest BCUT2D eigenvalue weighted by Crippen LogP contribution is 2.26. The highest BCUT2D eigenvalue weighted by Gasteiger charge is 2.22. The largest absolute Gasteiger partial charge is 0.478 e. The number of unbranched alkanes of at least 4 members (excludes halogenated alkanes) is 1. The van der Waals surface area contributed by atoms with E-state index >= 15 is 0 Å². The predicted octanol–water partition coefficient (Wildman–Crippen LogP) is 3.92. The lowest BCUT2D eigenvalue weighted by atomic mass is 9.99. The summed E-state index contributed by atoms with van der Waals surface area (Å²) in [5.74, 6) is -0.0659. The predicted molar refractivity (Wildman–Crippen MR) is 80.8 cm³/mol. The third-order valence-electron chi connectivity index (χ3n) is 4.30. The molecule has 1 aliphatic rings. The van der Waals surface area contributed by atoms with Gasteiger partial charge in [-0.05, 0) is 35.6 Å². The Labute approximate surface area is 121 Å². The minimum Gasteiger partial charge on any atom is -0.478 e. The summed E-state index contributed by atoms with van der Waals surface area (Å²) in [6.07, 6.45) is 5.11. The van der Waals surface area contributed by atoms with Gasteiger partial charge in [0.2, 0.25) is 0 Å². The topological polar surface area (TPSA) is 40.5 Å². The van der Waals surface area contributed by atoms with Crippen molar-refractivity contribution >= 4 is 5.97 Å². The Morgan fingerprint density at radius 3 is 2.70 bits per heavy atom. The summed E-state index contributed by atoms with van der Waals surface area (Å²) in [6, 6.07) is 5.54. The number of hydrogen-bond acceptors (Lipinski definition) is 2. The smallest absolute Gasteiger partial charge is 0.335 e. The van der Waals surface area contributed by atoms with Crippen LogP contribution in [0.5, 0.6) is 0 Å². The molecule has 20 heavy (non-hydrogen) atoms. The summed E-state index contributed by atoms with van der Waals surface area (Å²) in [5, 5.41) is 9.05. The molecule has 0 bridgehead atoms. The van der Waals surface area contributed by atoms with Gasteiger partial charge in [0, 0.05) is 19.6 Å². The molecule has 0 aromatic heterocycles. The van der Waals surface area contributed by atoms with E-state index in [1.54, 1.807) is 6.07 Å². The summed E-state index contributed by atoms with van der Waals surface area (Å²) in [6.45, 7) is 7.52. The standard InChI is InChI=1S/C17H25NO2/c1-3-5-6-13(4-2)10-18-11-15-8-7-14(17(19)20)9-16(15)12-18/h7-9,13H,3-6,10-12H2,1-2H3,(H,19,20). The molecule has 110 valence electrons. The molecular formula is C17H25NO2. The number of benzene rings is 1. The molecule has 3 nitrogen and oxygen atoms in total. The van der Waals surface area contributed by atoms with E-state index in [2.05, 4.69) is 18.7 Å². The Balaban J connectivity index is 1.96. The molecule has 3 heteroatoms. The second-order valence-corrected chi connectivity index (χ2v) is 5.87. The number of rotatable bonds is 7. The number of carboxylic acids is 1. The first-order valence-corrected chi connectivity index (χ1v) is 7.71. The average Bonchev–Trinajstić information content (AvgIpc) is 2.84. The van der Waals surface area contributed by atoms with Crippen LogP contribution in [-0.2, 0) is 13.1 Å². The van der Waals surface area contributed by atoms with Gasteiger partial charge in [-0.1, -0.05) is 39.2 Å². The highest BCUT2D eigenvalue weighted by molar-refractivity contribution is 5.87. The maximum atomic E-state index is 11.0. The van der Waals surface area contributed by atoms with Gasteiger partial charge in [-0.2, -0.15) is 0 Å². The summed E-state index contributed by atoms with van der Waals surface area (Å²) in [5.41, 5.74) is 2.89. The number of aromatic carboxylic acids is 1. The van der Waals surface area contributed by atoms with E-state index in [1.807, 2.05) is 12.1 Å². The lowest BCUT2D eigenvalue weighted by Gasteiger charge is -2.22. The molecule has 0 saturated carbocycles. The number of carboxylic acid groups (broad SMARTS) is 1. The van der Waals surface area contributed by atoms with Gasteiger partial charge in [-0.15, -0.1) is 0 Å². The van der Waals surface area contributed by atoms with E-state index in [0.29, 0.717) is 5.56 Å². The zero-order chi connectivity index (χ0) is 14.5. The van der Waals surface area contributed by atoms with E-state index in [9.17, 15) is 4.79 Å². The molecule has 0 radical (unpaired) electrons. The van der Waals surface area contributed by atoms with Crippen molar-refractivity contribution in [3.63, 3.8) is 0 Å². The summed E-state index contributed by atoms with van der Waals surface area (Å²) < 4.78 is 0. The van der Waals surface area contributed by atoms with E-state index in [4.69, 9.17) is 5.11 Å². The van der Waals surface area contributed by atoms with E-state index in [-0.39, 0.29) is 0 Å². The Morgan fingerprint density at radius 2 is 2.05 bits per heavy atom. The summed E-state index contributed by atoms with van der Waals surface area (Å²) in [7, 11) is 0. The molecule has 0 saturated heterocycles. The van der Waals surface area contributed by atoms with Gasteiger partial charge in [-0.3, -0.25) is 4.90 Å². The second kappa shape index (κ2) is 6.89. The van der Waals surface area contributed by atoms with E-state index in [0.717, 1.165) is 25.6 Å². The van der Waals surface area contributed by atoms with Gasteiger partial charge in [0.25, 0.3) is 0 Å². The van der Waals surface area contributed by atoms with Crippen LogP contribution in [0.4, 0.5) is 0 Å². The van der Waals surface area contributed by atoms with E-state index < -0.39 is 5.97 Å². The third kappa shape index (κ3) is 3.60. The minimum atomic E-state index is -0.833. The zero-order valence-electron chi connectivity index (χ0n) is 12.6. The van der Waals surface area contributed by atoms with Crippen molar-refractivity contribution in [3.8, 4) is 0 Å². The van der Waals surface area contributed by atoms with Crippen molar-refractivity contribution < 1.29 is 9.90 Å². The summed E-state index contributed by atoms with van der Waals surface area (Å²) in [4.78, 5) is 13.5. The first-order chi connectivity index (χ1) is 9.63. The van der Waals surface area contributed by atoms with Crippen molar-refractivity contribution in [2.45, 2.75) is 52.6 Å². The molecule has 1 atom stereocenters. The fourth-order valence-corrected chi connectivity index (χ4v) is 3.01. The molecule has 0 aliphatic carbocycles. The van der Waals surface area contributed by atoms with Crippen LogP contribution >= 0.6 is 0 Å². The molecule has 1 unspecified atom stereocenters.